The predicted molar refractivity (Wildman–Crippen MR) is 99.8 cm³/mol. The standard InChI is InChI=1S/C18H18FN7O/c19-15-4-1-5-16(24-15)27-13-8-6-12(7-9-13)11-26(22)18(25-21)14-3-2-10-23-17(14)20/h1-10H,11,21-22H2,(H2,20,23)/b25-18-. The maximum Gasteiger partial charge on any atom is 0.221 e. The summed E-state index contributed by atoms with van der Waals surface area (Å²) in [6, 6.07) is 14.9. The van der Waals surface area contributed by atoms with Crippen LogP contribution < -0.4 is 22.2 Å². The third-order valence-electron chi connectivity index (χ3n) is 3.66. The number of ether oxygens (including phenoxy) is 1. The highest BCUT2D eigenvalue weighted by Gasteiger charge is 2.14. The molecule has 6 N–H and O–H groups in total. The maximum atomic E-state index is 13.1. The van der Waals surface area contributed by atoms with Gasteiger partial charge in [-0.25, -0.2) is 10.8 Å². The van der Waals surface area contributed by atoms with Gasteiger partial charge in [-0.3, -0.25) is 5.01 Å². The van der Waals surface area contributed by atoms with Crippen molar-refractivity contribution in [3.05, 3.63) is 77.9 Å². The van der Waals surface area contributed by atoms with Gasteiger partial charge in [-0.2, -0.15) is 14.5 Å². The Bertz CT molecular complexity index is 946. The van der Waals surface area contributed by atoms with Crippen LogP contribution >= 0.6 is 0 Å². The number of hydrazone groups is 1. The van der Waals surface area contributed by atoms with E-state index in [4.69, 9.17) is 22.2 Å². The van der Waals surface area contributed by atoms with Crippen molar-refractivity contribution in [1.82, 2.24) is 15.0 Å². The largest absolute Gasteiger partial charge is 0.439 e. The van der Waals surface area contributed by atoms with E-state index < -0.39 is 5.95 Å². The summed E-state index contributed by atoms with van der Waals surface area (Å²) in [5.41, 5.74) is 7.27. The Morgan fingerprint density at radius 3 is 2.56 bits per heavy atom. The molecule has 138 valence electrons. The van der Waals surface area contributed by atoms with Gasteiger partial charge in [0.25, 0.3) is 0 Å². The van der Waals surface area contributed by atoms with Crippen LogP contribution in [0.5, 0.6) is 11.6 Å². The van der Waals surface area contributed by atoms with Crippen molar-refractivity contribution in [3.8, 4) is 11.6 Å². The van der Waals surface area contributed by atoms with Crippen molar-refractivity contribution >= 4 is 11.7 Å². The van der Waals surface area contributed by atoms with Gasteiger partial charge in [0.05, 0.1) is 12.1 Å². The summed E-state index contributed by atoms with van der Waals surface area (Å²) >= 11 is 0. The van der Waals surface area contributed by atoms with Crippen molar-refractivity contribution in [2.75, 3.05) is 5.73 Å². The molecule has 0 saturated carbocycles. The first-order valence-electron chi connectivity index (χ1n) is 7.97. The van der Waals surface area contributed by atoms with E-state index in [-0.39, 0.29) is 11.7 Å². The number of aromatic nitrogens is 2. The monoisotopic (exact) mass is 367 g/mol. The average molecular weight is 367 g/mol. The number of hydrogen-bond donors (Lipinski definition) is 3. The van der Waals surface area contributed by atoms with Crippen LogP contribution in [0.3, 0.4) is 0 Å². The van der Waals surface area contributed by atoms with E-state index in [1.165, 1.54) is 17.1 Å². The number of nitrogen functional groups attached to an aromatic ring is 1. The molecule has 3 rings (SSSR count). The normalized spacial score (nSPS) is 11.3. The molecule has 0 unspecified atom stereocenters. The quantitative estimate of drug-likeness (QED) is 0.207. The van der Waals surface area contributed by atoms with Gasteiger partial charge in [-0.1, -0.05) is 18.2 Å². The number of amidine groups is 1. The minimum Gasteiger partial charge on any atom is -0.439 e. The lowest BCUT2D eigenvalue weighted by Crippen LogP contribution is -2.38. The summed E-state index contributed by atoms with van der Waals surface area (Å²) in [6.45, 7) is 0.322. The summed E-state index contributed by atoms with van der Waals surface area (Å²) in [6.07, 6.45) is 1.57. The van der Waals surface area contributed by atoms with E-state index in [0.717, 1.165) is 5.56 Å². The molecule has 0 spiro atoms. The molecule has 0 atom stereocenters. The first kappa shape index (κ1) is 18.1. The molecule has 2 heterocycles. The van der Waals surface area contributed by atoms with Crippen LogP contribution in [0.15, 0.2) is 65.9 Å². The number of anilines is 1. The van der Waals surface area contributed by atoms with Gasteiger partial charge in [-0.15, -0.1) is 0 Å². The molecule has 0 fully saturated rings. The molecule has 0 aliphatic rings. The number of hydrazine groups is 1. The Hall–Kier alpha value is -3.72. The summed E-state index contributed by atoms with van der Waals surface area (Å²) in [4.78, 5) is 7.66. The van der Waals surface area contributed by atoms with Crippen molar-refractivity contribution < 1.29 is 9.13 Å². The molecule has 0 aliphatic heterocycles. The number of pyridine rings is 2. The van der Waals surface area contributed by atoms with E-state index in [0.29, 0.717) is 23.7 Å². The van der Waals surface area contributed by atoms with Gasteiger partial charge in [-0.05, 0) is 35.9 Å². The van der Waals surface area contributed by atoms with E-state index >= 15 is 0 Å². The zero-order valence-electron chi connectivity index (χ0n) is 14.3. The van der Waals surface area contributed by atoms with Crippen LogP contribution in [-0.4, -0.2) is 20.8 Å². The number of halogens is 1. The number of nitrogens with zero attached hydrogens (tertiary/aromatic N) is 4. The SMILES string of the molecule is N/N=C(/c1cccnc1N)N(N)Cc1ccc(Oc2cccc(F)n2)cc1. The van der Waals surface area contributed by atoms with Gasteiger partial charge in [0.15, 0.2) is 5.84 Å². The molecule has 0 radical (unpaired) electrons. The van der Waals surface area contributed by atoms with Crippen molar-refractivity contribution in [2.45, 2.75) is 6.54 Å². The van der Waals surface area contributed by atoms with Crippen LogP contribution in [0.4, 0.5) is 10.2 Å². The van der Waals surface area contributed by atoms with Crippen LogP contribution in [0.1, 0.15) is 11.1 Å². The van der Waals surface area contributed by atoms with Crippen molar-refractivity contribution in [3.63, 3.8) is 0 Å². The van der Waals surface area contributed by atoms with Gasteiger partial charge in [0.1, 0.15) is 11.6 Å². The lowest BCUT2D eigenvalue weighted by molar-refractivity contribution is 0.430. The van der Waals surface area contributed by atoms with E-state index in [2.05, 4.69) is 15.1 Å². The zero-order valence-corrected chi connectivity index (χ0v) is 14.3. The molecular weight excluding hydrogens is 349 g/mol. The highest BCUT2D eigenvalue weighted by molar-refractivity contribution is 6.01. The summed E-state index contributed by atoms with van der Waals surface area (Å²) < 4.78 is 18.6. The first-order valence-corrected chi connectivity index (χ1v) is 7.97. The summed E-state index contributed by atoms with van der Waals surface area (Å²) in [5.74, 6) is 12.2. The maximum absolute atomic E-state index is 13.1. The van der Waals surface area contributed by atoms with Crippen molar-refractivity contribution in [2.24, 2.45) is 16.8 Å². The lowest BCUT2D eigenvalue weighted by Gasteiger charge is -2.21. The fraction of sp³-hybridized carbons (Fsp3) is 0.0556. The fourth-order valence-corrected chi connectivity index (χ4v) is 2.41. The minimum atomic E-state index is -0.605. The third kappa shape index (κ3) is 4.47. The smallest absolute Gasteiger partial charge is 0.221 e. The molecule has 27 heavy (non-hydrogen) atoms. The second-order valence-corrected chi connectivity index (χ2v) is 5.56. The van der Waals surface area contributed by atoms with Gasteiger partial charge in [0, 0.05) is 12.3 Å². The van der Waals surface area contributed by atoms with Crippen molar-refractivity contribution in [1.29, 1.82) is 0 Å². The van der Waals surface area contributed by atoms with E-state index in [1.807, 2.05) is 12.1 Å². The minimum absolute atomic E-state index is 0.174. The topological polar surface area (TPSA) is 129 Å². The lowest BCUT2D eigenvalue weighted by atomic mass is 10.2. The molecule has 0 amide bonds. The van der Waals surface area contributed by atoms with Crippen LogP contribution in [0, 0.1) is 5.95 Å². The molecular formula is C18H18FN7O. The van der Waals surface area contributed by atoms with Crippen LogP contribution in [0.25, 0.3) is 0 Å². The van der Waals surface area contributed by atoms with Gasteiger partial charge >= 0.3 is 0 Å². The molecule has 8 nitrogen and oxygen atoms in total. The second kappa shape index (κ2) is 8.11. The Kier molecular flexibility index (Phi) is 5.43. The molecule has 1 aromatic carbocycles. The molecule has 2 aromatic heterocycles. The number of hydrogen-bond acceptors (Lipinski definition) is 7. The second-order valence-electron chi connectivity index (χ2n) is 5.56. The molecule has 3 aromatic rings. The molecule has 9 heteroatoms. The number of benzene rings is 1. The van der Waals surface area contributed by atoms with Crippen LogP contribution in [0.2, 0.25) is 0 Å². The molecule has 0 saturated heterocycles. The number of nitrogens with two attached hydrogens (primary N) is 3. The Labute approximate surface area is 155 Å². The third-order valence-corrected chi connectivity index (χ3v) is 3.66. The number of rotatable bonds is 5. The Morgan fingerprint density at radius 1 is 1.11 bits per heavy atom. The highest BCUT2D eigenvalue weighted by Crippen LogP contribution is 2.20. The highest BCUT2D eigenvalue weighted by atomic mass is 19.1. The average Bonchev–Trinajstić information content (AvgIpc) is 2.65. The fourth-order valence-electron chi connectivity index (χ4n) is 2.41. The predicted octanol–water partition coefficient (Wildman–Crippen LogP) is 1.99. The van der Waals surface area contributed by atoms with Crippen LogP contribution in [-0.2, 0) is 6.54 Å². The summed E-state index contributed by atoms with van der Waals surface area (Å²) in [5, 5.41) is 5.10. The zero-order chi connectivity index (χ0) is 19.2. The molecule has 0 aliphatic carbocycles. The van der Waals surface area contributed by atoms with Gasteiger partial charge < -0.3 is 16.3 Å². The van der Waals surface area contributed by atoms with Gasteiger partial charge in [0.2, 0.25) is 11.8 Å². The first-order chi connectivity index (χ1) is 13.1. The summed E-state index contributed by atoms with van der Waals surface area (Å²) in [7, 11) is 0. The Morgan fingerprint density at radius 2 is 1.89 bits per heavy atom. The Balaban J connectivity index is 1.69. The van der Waals surface area contributed by atoms with E-state index in [1.54, 1.807) is 36.5 Å². The van der Waals surface area contributed by atoms with E-state index in [9.17, 15) is 4.39 Å². The molecule has 0 bridgehead atoms.